The first-order valence-electron chi connectivity index (χ1n) is 7.19. The van der Waals surface area contributed by atoms with Gasteiger partial charge in [0.25, 0.3) is 0 Å². The Balaban J connectivity index is 1.66. The van der Waals surface area contributed by atoms with Gasteiger partial charge in [0.05, 0.1) is 11.8 Å². The Morgan fingerprint density at radius 3 is 2.38 bits per heavy atom. The molecule has 0 saturated heterocycles. The number of carboxylic acids is 1. The van der Waals surface area contributed by atoms with E-state index in [1.807, 2.05) is 43.3 Å². The van der Waals surface area contributed by atoms with Gasteiger partial charge in [0.15, 0.2) is 0 Å². The summed E-state index contributed by atoms with van der Waals surface area (Å²) in [6.07, 6.45) is 4.64. The Kier molecular flexibility index (Phi) is 3.53. The Hall–Kier alpha value is -2.10. The summed E-state index contributed by atoms with van der Waals surface area (Å²) in [6.45, 7) is 2.19. The molecule has 0 amide bonds. The number of allylic oxidation sites excluding steroid dienone is 2. The van der Waals surface area contributed by atoms with Gasteiger partial charge in [-0.3, -0.25) is 9.59 Å². The minimum atomic E-state index is -0.899. The minimum Gasteiger partial charge on any atom is -0.481 e. The molecule has 4 heteroatoms. The number of carbonyl (C=O) groups excluding carboxylic acids is 1. The van der Waals surface area contributed by atoms with Crippen LogP contribution < -0.4 is 0 Å². The molecule has 1 saturated carbocycles. The predicted octanol–water partition coefficient (Wildman–Crippen LogP) is 2.56. The Labute approximate surface area is 123 Å². The predicted molar refractivity (Wildman–Crippen MR) is 76.3 cm³/mol. The maximum absolute atomic E-state index is 12.3. The first kappa shape index (κ1) is 13.9. The van der Waals surface area contributed by atoms with Crippen molar-refractivity contribution in [2.45, 2.75) is 20.0 Å². The van der Waals surface area contributed by atoms with Gasteiger partial charge in [-0.2, -0.15) is 0 Å². The number of fused-ring (bicyclic) bond motifs is 2. The van der Waals surface area contributed by atoms with Crippen LogP contribution in [0.3, 0.4) is 0 Å². The lowest BCUT2D eigenvalue weighted by Gasteiger charge is -2.23. The van der Waals surface area contributed by atoms with Gasteiger partial charge in [-0.1, -0.05) is 42.0 Å². The molecule has 0 spiro atoms. The van der Waals surface area contributed by atoms with Crippen LogP contribution in [0, 0.1) is 30.6 Å². The molecule has 1 N–H and O–H groups in total. The van der Waals surface area contributed by atoms with E-state index in [4.69, 9.17) is 4.74 Å². The van der Waals surface area contributed by atoms with Crippen LogP contribution in [-0.2, 0) is 20.9 Å². The third kappa shape index (κ3) is 2.58. The van der Waals surface area contributed by atoms with Crippen molar-refractivity contribution in [2.75, 3.05) is 0 Å². The fourth-order valence-corrected chi connectivity index (χ4v) is 3.42. The molecule has 0 radical (unpaired) electrons. The van der Waals surface area contributed by atoms with Gasteiger partial charge >= 0.3 is 11.9 Å². The molecule has 21 heavy (non-hydrogen) atoms. The van der Waals surface area contributed by atoms with E-state index in [2.05, 4.69) is 0 Å². The molecule has 0 heterocycles. The number of rotatable bonds is 4. The van der Waals surface area contributed by atoms with E-state index in [1.165, 1.54) is 0 Å². The smallest absolute Gasteiger partial charge is 0.310 e. The molecular weight excluding hydrogens is 268 g/mol. The van der Waals surface area contributed by atoms with Crippen molar-refractivity contribution in [3.63, 3.8) is 0 Å². The second kappa shape index (κ2) is 5.35. The standard InChI is InChI=1S/C17H18O4/c1-10-2-4-11(5-3-10)9-21-17(20)15-13-7-6-12(8-13)14(15)16(18)19/h2-7,12-15H,8-9H2,1H3,(H,18,19)/t12-,13+,14-,15+/m1/s1. The molecule has 0 aromatic heterocycles. The fourth-order valence-electron chi connectivity index (χ4n) is 3.42. The average molecular weight is 286 g/mol. The maximum Gasteiger partial charge on any atom is 0.310 e. The number of hydrogen-bond acceptors (Lipinski definition) is 3. The fraction of sp³-hybridized carbons (Fsp3) is 0.412. The van der Waals surface area contributed by atoms with Crippen molar-refractivity contribution >= 4 is 11.9 Å². The highest BCUT2D eigenvalue weighted by molar-refractivity contribution is 5.83. The lowest BCUT2D eigenvalue weighted by atomic mass is 9.83. The van der Waals surface area contributed by atoms with E-state index in [9.17, 15) is 14.7 Å². The lowest BCUT2D eigenvalue weighted by Crippen LogP contribution is -2.34. The van der Waals surface area contributed by atoms with Gasteiger partial charge in [-0.25, -0.2) is 0 Å². The summed E-state index contributed by atoms with van der Waals surface area (Å²) >= 11 is 0. The van der Waals surface area contributed by atoms with E-state index in [-0.39, 0.29) is 24.4 Å². The summed E-state index contributed by atoms with van der Waals surface area (Å²) < 4.78 is 5.35. The van der Waals surface area contributed by atoms with Crippen molar-refractivity contribution in [1.29, 1.82) is 0 Å². The van der Waals surface area contributed by atoms with Crippen LogP contribution in [0.15, 0.2) is 36.4 Å². The summed E-state index contributed by atoms with van der Waals surface area (Å²) in [6, 6.07) is 7.75. The second-order valence-electron chi connectivity index (χ2n) is 5.93. The van der Waals surface area contributed by atoms with Crippen LogP contribution in [0.2, 0.25) is 0 Å². The third-order valence-electron chi connectivity index (χ3n) is 4.52. The molecule has 0 aliphatic heterocycles. The molecule has 2 aliphatic rings. The van der Waals surface area contributed by atoms with Gasteiger partial charge in [0.1, 0.15) is 6.61 Å². The number of hydrogen-bond donors (Lipinski definition) is 1. The van der Waals surface area contributed by atoms with Crippen molar-refractivity contribution in [3.8, 4) is 0 Å². The third-order valence-corrected chi connectivity index (χ3v) is 4.52. The van der Waals surface area contributed by atoms with Crippen LogP contribution in [0.4, 0.5) is 0 Å². The van der Waals surface area contributed by atoms with Crippen LogP contribution in [0.1, 0.15) is 17.5 Å². The van der Waals surface area contributed by atoms with Crippen molar-refractivity contribution in [2.24, 2.45) is 23.7 Å². The van der Waals surface area contributed by atoms with E-state index >= 15 is 0 Å². The maximum atomic E-state index is 12.3. The van der Waals surface area contributed by atoms with Crippen molar-refractivity contribution in [3.05, 3.63) is 47.5 Å². The van der Waals surface area contributed by atoms with Gasteiger partial charge in [0, 0.05) is 0 Å². The number of benzene rings is 1. The topological polar surface area (TPSA) is 63.6 Å². The lowest BCUT2D eigenvalue weighted by molar-refractivity contribution is -0.159. The minimum absolute atomic E-state index is 0.0154. The Bertz CT molecular complexity index is 587. The Morgan fingerprint density at radius 1 is 1.14 bits per heavy atom. The highest BCUT2D eigenvalue weighted by Gasteiger charge is 2.52. The number of carboxylic acid groups (broad SMARTS) is 1. The summed E-state index contributed by atoms with van der Waals surface area (Å²) in [5.74, 6) is -2.47. The molecule has 1 aromatic rings. The molecule has 4 atom stereocenters. The van der Waals surface area contributed by atoms with Crippen LogP contribution in [0.25, 0.3) is 0 Å². The molecule has 1 fully saturated rings. The zero-order valence-electron chi connectivity index (χ0n) is 11.9. The average Bonchev–Trinajstić information content (AvgIpc) is 3.06. The normalized spacial score (nSPS) is 29.6. The monoisotopic (exact) mass is 286 g/mol. The van der Waals surface area contributed by atoms with E-state index in [0.29, 0.717) is 0 Å². The van der Waals surface area contributed by atoms with Gasteiger partial charge in [-0.15, -0.1) is 0 Å². The van der Waals surface area contributed by atoms with Crippen molar-refractivity contribution in [1.82, 2.24) is 0 Å². The van der Waals surface area contributed by atoms with E-state index in [0.717, 1.165) is 17.5 Å². The summed E-state index contributed by atoms with van der Waals surface area (Å²) in [4.78, 5) is 23.6. The van der Waals surface area contributed by atoms with E-state index < -0.39 is 17.8 Å². The van der Waals surface area contributed by atoms with Crippen LogP contribution in [0.5, 0.6) is 0 Å². The molecule has 1 aromatic carbocycles. The zero-order valence-corrected chi connectivity index (χ0v) is 11.9. The number of carbonyl (C=O) groups is 2. The molecule has 3 rings (SSSR count). The number of aliphatic carboxylic acids is 1. The van der Waals surface area contributed by atoms with Gasteiger partial charge in [0.2, 0.25) is 0 Å². The first-order valence-corrected chi connectivity index (χ1v) is 7.19. The Morgan fingerprint density at radius 2 is 1.76 bits per heavy atom. The van der Waals surface area contributed by atoms with Crippen LogP contribution in [-0.4, -0.2) is 17.0 Å². The number of ether oxygens (including phenoxy) is 1. The summed E-state index contributed by atoms with van der Waals surface area (Å²) in [5, 5.41) is 9.33. The number of aryl methyl sites for hydroxylation is 1. The van der Waals surface area contributed by atoms with Crippen molar-refractivity contribution < 1.29 is 19.4 Å². The second-order valence-corrected chi connectivity index (χ2v) is 5.93. The zero-order chi connectivity index (χ0) is 15.0. The molecule has 110 valence electrons. The SMILES string of the molecule is Cc1ccc(COC(=O)[C@@H]2[C@H](C(=O)O)[C@@H]3C=C[C@H]2C3)cc1. The highest BCUT2D eigenvalue weighted by atomic mass is 16.5. The van der Waals surface area contributed by atoms with Gasteiger partial charge < -0.3 is 9.84 Å². The molecule has 2 aliphatic carbocycles. The summed E-state index contributed by atoms with van der Waals surface area (Å²) in [7, 11) is 0. The quantitative estimate of drug-likeness (QED) is 0.682. The number of esters is 1. The van der Waals surface area contributed by atoms with Crippen LogP contribution >= 0.6 is 0 Å². The largest absolute Gasteiger partial charge is 0.481 e. The molecule has 2 bridgehead atoms. The first-order chi connectivity index (χ1) is 10.1. The highest BCUT2D eigenvalue weighted by Crippen LogP contribution is 2.48. The van der Waals surface area contributed by atoms with E-state index in [1.54, 1.807) is 0 Å². The molecular formula is C17H18O4. The molecule has 4 nitrogen and oxygen atoms in total. The molecule has 0 unspecified atom stereocenters. The van der Waals surface area contributed by atoms with Gasteiger partial charge in [-0.05, 0) is 30.7 Å². The summed E-state index contributed by atoms with van der Waals surface area (Å²) in [5.41, 5.74) is 2.06.